The molecule has 0 aliphatic heterocycles. The summed E-state index contributed by atoms with van der Waals surface area (Å²) in [6.07, 6.45) is 2.70. The molecule has 2 amide bonds. The van der Waals surface area contributed by atoms with E-state index in [1.54, 1.807) is 30.0 Å². The molecule has 1 atom stereocenters. The van der Waals surface area contributed by atoms with Crippen molar-refractivity contribution >= 4 is 23.4 Å². The maximum Gasteiger partial charge on any atom is 0.320 e. The Morgan fingerprint density at radius 2 is 2.09 bits per heavy atom. The average Bonchev–Trinajstić information content (AvgIpc) is 2.95. The molecule has 2 aromatic rings. The number of benzene rings is 1. The van der Waals surface area contributed by atoms with Gasteiger partial charge in [0.2, 0.25) is 0 Å². The molecule has 124 valence electrons. The van der Waals surface area contributed by atoms with Crippen LogP contribution in [0.2, 0.25) is 5.02 Å². The summed E-state index contributed by atoms with van der Waals surface area (Å²) >= 11 is 5.86. The van der Waals surface area contributed by atoms with Gasteiger partial charge in [-0.05, 0) is 31.0 Å². The lowest BCUT2D eigenvalue weighted by Gasteiger charge is -2.14. The van der Waals surface area contributed by atoms with Gasteiger partial charge in [0, 0.05) is 37.5 Å². The number of hydrogen-bond acceptors (Lipinski definition) is 3. The number of anilines is 1. The van der Waals surface area contributed by atoms with Crippen LogP contribution in [0.5, 0.6) is 0 Å². The molecule has 0 aliphatic carbocycles. The van der Waals surface area contributed by atoms with E-state index in [1.807, 2.05) is 25.3 Å². The number of halogens is 1. The number of nitrogens with zero attached hydrogens (tertiary/aromatic N) is 2. The molecule has 2 rings (SSSR count). The van der Waals surface area contributed by atoms with E-state index in [0.29, 0.717) is 17.4 Å². The predicted molar refractivity (Wildman–Crippen MR) is 90.7 cm³/mol. The second kappa shape index (κ2) is 8.55. The van der Waals surface area contributed by atoms with Crippen molar-refractivity contribution in [3.63, 3.8) is 0 Å². The highest BCUT2D eigenvalue weighted by molar-refractivity contribution is 6.30. The number of hydrogen-bond donors (Lipinski definition) is 2. The summed E-state index contributed by atoms with van der Waals surface area (Å²) in [5, 5.41) is 10.5. The van der Waals surface area contributed by atoms with E-state index < -0.39 is 0 Å². The number of aryl methyl sites for hydroxylation is 1. The van der Waals surface area contributed by atoms with Crippen molar-refractivity contribution < 1.29 is 9.53 Å². The molecule has 2 N–H and O–H groups in total. The predicted octanol–water partition coefficient (Wildman–Crippen LogP) is 3.46. The lowest BCUT2D eigenvalue weighted by Crippen LogP contribution is -2.31. The van der Waals surface area contributed by atoms with Crippen molar-refractivity contribution in [3.8, 4) is 0 Å². The SMILES string of the molecule is COCCCn1ccc(NC(=O)NC(C)c2ccc(Cl)cc2)n1. The minimum absolute atomic E-state index is 0.129. The minimum atomic E-state index is -0.297. The Hall–Kier alpha value is -2.05. The molecule has 1 heterocycles. The number of carbonyl (C=O) groups excluding carboxylic acids is 1. The van der Waals surface area contributed by atoms with Gasteiger partial charge in [0.1, 0.15) is 0 Å². The highest BCUT2D eigenvalue weighted by atomic mass is 35.5. The fourth-order valence-corrected chi connectivity index (χ4v) is 2.23. The summed E-state index contributed by atoms with van der Waals surface area (Å²) in [5.41, 5.74) is 0.981. The number of nitrogens with one attached hydrogen (secondary N) is 2. The maximum absolute atomic E-state index is 12.0. The fraction of sp³-hybridized carbons (Fsp3) is 0.375. The summed E-state index contributed by atoms with van der Waals surface area (Å²) in [6.45, 7) is 3.34. The van der Waals surface area contributed by atoms with Crippen LogP contribution in [0.15, 0.2) is 36.5 Å². The summed E-state index contributed by atoms with van der Waals surface area (Å²) in [5.74, 6) is 0.517. The highest BCUT2D eigenvalue weighted by Gasteiger charge is 2.10. The molecule has 0 saturated carbocycles. The van der Waals surface area contributed by atoms with Gasteiger partial charge in [-0.1, -0.05) is 23.7 Å². The van der Waals surface area contributed by atoms with Crippen LogP contribution in [0, 0.1) is 0 Å². The molecule has 0 radical (unpaired) electrons. The molecular formula is C16H21ClN4O2. The lowest BCUT2D eigenvalue weighted by molar-refractivity contribution is 0.189. The zero-order chi connectivity index (χ0) is 16.7. The van der Waals surface area contributed by atoms with E-state index in [-0.39, 0.29) is 12.1 Å². The number of aromatic nitrogens is 2. The van der Waals surface area contributed by atoms with Crippen molar-refractivity contribution in [3.05, 3.63) is 47.1 Å². The molecule has 0 fully saturated rings. The molecule has 23 heavy (non-hydrogen) atoms. The maximum atomic E-state index is 12.0. The first kappa shape index (κ1) is 17.3. The monoisotopic (exact) mass is 336 g/mol. The zero-order valence-electron chi connectivity index (χ0n) is 13.3. The van der Waals surface area contributed by atoms with E-state index in [2.05, 4.69) is 15.7 Å². The van der Waals surface area contributed by atoms with Gasteiger partial charge in [-0.25, -0.2) is 4.79 Å². The second-order valence-electron chi connectivity index (χ2n) is 5.18. The van der Waals surface area contributed by atoms with Gasteiger partial charge in [0.25, 0.3) is 0 Å². The molecule has 6 nitrogen and oxygen atoms in total. The van der Waals surface area contributed by atoms with Crippen molar-refractivity contribution in [2.45, 2.75) is 25.9 Å². The Morgan fingerprint density at radius 3 is 2.78 bits per heavy atom. The summed E-state index contributed by atoms with van der Waals surface area (Å²) in [4.78, 5) is 12.0. The third-order valence-corrected chi connectivity index (χ3v) is 3.59. The highest BCUT2D eigenvalue weighted by Crippen LogP contribution is 2.16. The number of methoxy groups -OCH3 is 1. The van der Waals surface area contributed by atoms with Crippen LogP contribution in [-0.2, 0) is 11.3 Å². The van der Waals surface area contributed by atoms with E-state index in [1.165, 1.54) is 0 Å². The van der Waals surface area contributed by atoms with Crippen LogP contribution < -0.4 is 10.6 Å². The van der Waals surface area contributed by atoms with Crippen LogP contribution in [0.4, 0.5) is 10.6 Å². The number of rotatable bonds is 7. The molecule has 0 saturated heterocycles. The van der Waals surface area contributed by atoms with Crippen molar-refractivity contribution in [1.29, 1.82) is 0 Å². The van der Waals surface area contributed by atoms with Crippen LogP contribution >= 0.6 is 11.6 Å². The smallest absolute Gasteiger partial charge is 0.320 e. The second-order valence-corrected chi connectivity index (χ2v) is 5.62. The van der Waals surface area contributed by atoms with Crippen molar-refractivity contribution in [2.24, 2.45) is 0 Å². The molecule has 1 aromatic heterocycles. The van der Waals surface area contributed by atoms with E-state index in [0.717, 1.165) is 18.5 Å². The Balaban J connectivity index is 1.83. The molecule has 0 bridgehead atoms. The summed E-state index contributed by atoms with van der Waals surface area (Å²) in [7, 11) is 1.67. The van der Waals surface area contributed by atoms with E-state index in [4.69, 9.17) is 16.3 Å². The van der Waals surface area contributed by atoms with E-state index >= 15 is 0 Å². The van der Waals surface area contributed by atoms with Gasteiger partial charge in [-0.3, -0.25) is 10.00 Å². The van der Waals surface area contributed by atoms with Gasteiger partial charge in [0.05, 0.1) is 6.04 Å². The third-order valence-electron chi connectivity index (χ3n) is 3.34. The Morgan fingerprint density at radius 1 is 1.35 bits per heavy atom. The number of urea groups is 1. The van der Waals surface area contributed by atoms with Crippen LogP contribution in [0.3, 0.4) is 0 Å². The molecule has 1 aromatic carbocycles. The number of carbonyl (C=O) groups is 1. The fourth-order valence-electron chi connectivity index (χ4n) is 2.11. The zero-order valence-corrected chi connectivity index (χ0v) is 14.0. The Labute approximate surface area is 140 Å². The average molecular weight is 337 g/mol. The first-order valence-corrected chi connectivity index (χ1v) is 7.81. The minimum Gasteiger partial charge on any atom is -0.385 e. The first-order chi connectivity index (χ1) is 11.1. The standard InChI is InChI=1S/C16H21ClN4O2/c1-12(13-4-6-14(17)7-5-13)18-16(22)19-15-8-10-21(20-15)9-3-11-23-2/h4-8,10,12H,3,9,11H2,1-2H3,(H2,18,19,20,22). The largest absolute Gasteiger partial charge is 0.385 e. The molecule has 0 spiro atoms. The quantitative estimate of drug-likeness (QED) is 0.761. The molecule has 7 heteroatoms. The molecule has 1 unspecified atom stereocenters. The van der Waals surface area contributed by atoms with Crippen LogP contribution in [0.25, 0.3) is 0 Å². The van der Waals surface area contributed by atoms with Crippen LogP contribution in [-0.4, -0.2) is 29.5 Å². The van der Waals surface area contributed by atoms with Gasteiger partial charge in [0.15, 0.2) is 5.82 Å². The summed E-state index contributed by atoms with van der Waals surface area (Å²) < 4.78 is 6.77. The van der Waals surface area contributed by atoms with Crippen LogP contribution in [0.1, 0.15) is 24.9 Å². The summed E-state index contributed by atoms with van der Waals surface area (Å²) in [6, 6.07) is 8.71. The normalized spacial score (nSPS) is 12.0. The lowest BCUT2D eigenvalue weighted by atomic mass is 10.1. The Bertz CT molecular complexity index is 627. The van der Waals surface area contributed by atoms with Crippen molar-refractivity contribution in [1.82, 2.24) is 15.1 Å². The van der Waals surface area contributed by atoms with Crippen molar-refractivity contribution in [2.75, 3.05) is 19.0 Å². The molecular weight excluding hydrogens is 316 g/mol. The topological polar surface area (TPSA) is 68.2 Å². The first-order valence-electron chi connectivity index (χ1n) is 7.44. The third kappa shape index (κ3) is 5.58. The number of ether oxygens (including phenoxy) is 1. The Kier molecular flexibility index (Phi) is 6.43. The van der Waals surface area contributed by atoms with Gasteiger partial charge in [-0.2, -0.15) is 5.10 Å². The van der Waals surface area contributed by atoms with Gasteiger partial charge >= 0.3 is 6.03 Å². The van der Waals surface area contributed by atoms with E-state index in [9.17, 15) is 4.79 Å². The number of amides is 2. The molecule has 0 aliphatic rings. The van der Waals surface area contributed by atoms with Gasteiger partial charge < -0.3 is 10.1 Å². The van der Waals surface area contributed by atoms with Gasteiger partial charge in [-0.15, -0.1) is 0 Å².